The molecule has 3 rings (SSSR count). The van der Waals surface area contributed by atoms with E-state index in [9.17, 15) is 5.11 Å². The lowest BCUT2D eigenvalue weighted by molar-refractivity contribution is 0.214. The monoisotopic (exact) mass is 464 g/mol. The molecule has 150 valence electrons. The molecular weight excluding hydrogens is 440 g/mol. The molecule has 0 saturated heterocycles. The molecule has 0 aliphatic rings. The Morgan fingerprint density at radius 3 is 2.68 bits per heavy atom. The van der Waals surface area contributed by atoms with E-state index in [1.165, 1.54) is 11.5 Å². The summed E-state index contributed by atoms with van der Waals surface area (Å²) in [6, 6.07) is 14.4. The number of rotatable bonds is 11. The summed E-state index contributed by atoms with van der Waals surface area (Å²) < 4.78 is 12.7. The number of nitrogens with one attached hydrogen (secondary N) is 1. The minimum atomic E-state index is 0.0396. The van der Waals surface area contributed by atoms with Crippen molar-refractivity contribution in [2.75, 3.05) is 26.4 Å². The standard InChI is InChI=1S/C21H25BrN2O3S/c22-16-6-4-15(5-7-16)21-19-9-8-18(13-20(19)28-24-21)27-12-2-1-3-17(14-26)23-10-11-25/h4-9,13,17,23,25-26H,1-3,10-12,14H2. The van der Waals surface area contributed by atoms with Crippen molar-refractivity contribution in [3.05, 3.63) is 46.9 Å². The van der Waals surface area contributed by atoms with Crippen molar-refractivity contribution >= 4 is 37.5 Å². The van der Waals surface area contributed by atoms with E-state index < -0.39 is 0 Å². The first-order valence-electron chi connectivity index (χ1n) is 9.44. The second-order valence-corrected chi connectivity index (χ2v) is 8.32. The predicted molar refractivity (Wildman–Crippen MR) is 118 cm³/mol. The minimum absolute atomic E-state index is 0.0396. The number of ether oxygens (including phenoxy) is 1. The average molecular weight is 465 g/mol. The first kappa shape index (κ1) is 21.2. The van der Waals surface area contributed by atoms with E-state index in [4.69, 9.17) is 9.84 Å². The van der Waals surface area contributed by atoms with Gasteiger partial charge in [0, 0.05) is 28.0 Å². The number of nitrogens with zero attached hydrogens (tertiary/aromatic N) is 1. The third-order valence-electron chi connectivity index (χ3n) is 4.54. The highest BCUT2D eigenvalue weighted by Crippen LogP contribution is 2.33. The topological polar surface area (TPSA) is 74.6 Å². The highest BCUT2D eigenvalue weighted by atomic mass is 79.9. The van der Waals surface area contributed by atoms with Crippen LogP contribution in [0.2, 0.25) is 0 Å². The second-order valence-electron chi connectivity index (χ2n) is 6.60. The van der Waals surface area contributed by atoms with Gasteiger partial charge in [0.25, 0.3) is 0 Å². The van der Waals surface area contributed by atoms with E-state index in [0.29, 0.717) is 13.2 Å². The van der Waals surface area contributed by atoms with Crippen molar-refractivity contribution in [2.24, 2.45) is 0 Å². The maximum absolute atomic E-state index is 9.30. The van der Waals surface area contributed by atoms with Crippen LogP contribution in [0.5, 0.6) is 5.75 Å². The minimum Gasteiger partial charge on any atom is -0.494 e. The SMILES string of the molecule is OCCNC(CO)CCCCOc1ccc2c(-c3ccc(Br)cc3)nsc2c1. The van der Waals surface area contributed by atoms with Crippen LogP contribution >= 0.6 is 27.5 Å². The summed E-state index contributed by atoms with van der Waals surface area (Å²) in [5.41, 5.74) is 2.11. The molecule has 28 heavy (non-hydrogen) atoms. The summed E-state index contributed by atoms with van der Waals surface area (Å²) in [6.45, 7) is 1.33. The number of unbranched alkanes of at least 4 members (excludes halogenated alkanes) is 1. The van der Waals surface area contributed by atoms with Crippen molar-refractivity contribution in [3.63, 3.8) is 0 Å². The van der Waals surface area contributed by atoms with Gasteiger partial charge in [-0.05, 0) is 61.1 Å². The Balaban J connectivity index is 1.52. The second kappa shape index (κ2) is 10.9. The lowest BCUT2D eigenvalue weighted by Gasteiger charge is -2.15. The summed E-state index contributed by atoms with van der Waals surface area (Å²) in [5, 5.41) is 22.4. The number of hydrogen-bond acceptors (Lipinski definition) is 6. The maximum Gasteiger partial charge on any atom is 0.120 e. The van der Waals surface area contributed by atoms with Gasteiger partial charge in [-0.25, -0.2) is 0 Å². The molecule has 5 nitrogen and oxygen atoms in total. The van der Waals surface area contributed by atoms with Crippen molar-refractivity contribution in [3.8, 4) is 17.0 Å². The van der Waals surface area contributed by atoms with Crippen LogP contribution in [0.1, 0.15) is 19.3 Å². The summed E-state index contributed by atoms with van der Waals surface area (Å²) in [4.78, 5) is 0. The molecule has 0 saturated carbocycles. The number of aliphatic hydroxyl groups excluding tert-OH is 2. The third-order valence-corrected chi connectivity index (χ3v) is 5.88. The van der Waals surface area contributed by atoms with Crippen LogP contribution < -0.4 is 10.1 Å². The fourth-order valence-corrected chi connectivity index (χ4v) is 4.12. The Hall–Kier alpha value is -1.51. The number of aliphatic hydroxyl groups is 2. The number of benzene rings is 2. The number of halogens is 1. The summed E-state index contributed by atoms with van der Waals surface area (Å²) in [6.07, 6.45) is 2.74. The first-order chi connectivity index (χ1) is 13.7. The highest BCUT2D eigenvalue weighted by molar-refractivity contribution is 9.10. The van der Waals surface area contributed by atoms with E-state index >= 15 is 0 Å². The quantitative estimate of drug-likeness (QED) is 0.370. The maximum atomic E-state index is 9.30. The largest absolute Gasteiger partial charge is 0.494 e. The van der Waals surface area contributed by atoms with Crippen LogP contribution in [0, 0.1) is 0 Å². The van der Waals surface area contributed by atoms with Crippen LogP contribution in [-0.2, 0) is 0 Å². The lowest BCUT2D eigenvalue weighted by Crippen LogP contribution is -2.34. The highest BCUT2D eigenvalue weighted by Gasteiger charge is 2.10. The fraction of sp³-hybridized carbons (Fsp3) is 0.381. The Morgan fingerprint density at radius 1 is 1.11 bits per heavy atom. The van der Waals surface area contributed by atoms with Crippen LogP contribution in [0.25, 0.3) is 21.3 Å². The van der Waals surface area contributed by atoms with Gasteiger partial charge in [0.05, 0.1) is 30.2 Å². The van der Waals surface area contributed by atoms with Gasteiger partial charge in [0.2, 0.25) is 0 Å². The normalized spacial score (nSPS) is 12.4. The van der Waals surface area contributed by atoms with Gasteiger partial charge < -0.3 is 20.3 Å². The summed E-state index contributed by atoms with van der Waals surface area (Å²) in [7, 11) is 0. The smallest absolute Gasteiger partial charge is 0.120 e. The number of fused-ring (bicyclic) bond motifs is 1. The molecule has 3 aromatic rings. The Bertz CT molecular complexity index is 870. The lowest BCUT2D eigenvalue weighted by atomic mass is 10.1. The third kappa shape index (κ3) is 5.75. The zero-order chi connectivity index (χ0) is 19.8. The molecule has 1 heterocycles. The number of hydrogen-bond donors (Lipinski definition) is 3. The average Bonchev–Trinajstić information content (AvgIpc) is 3.14. The number of aromatic nitrogens is 1. The van der Waals surface area contributed by atoms with Gasteiger partial charge in [-0.1, -0.05) is 28.1 Å². The molecule has 2 aromatic carbocycles. The van der Waals surface area contributed by atoms with Crippen LogP contribution in [0.4, 0.5) is 0 Å². The van der Waals surface area contributed by atoms with Crippen molar-refractivity contribution in [1.29, 1.82) is 0 Å². The molecular formula is C21H25BrN2O3S. The Labute approximate surface area is 177 Å². The predicted octanol–water partition coefficient (Wildman–Crippen LogP) is 4.22. The van der Waals surface area contributed by atoms with E-state index in [2.05, 4.69) is 49.9 Å². The van der Waals surface area contributed by atoms with Gasteiger partial charge in [-0.2, -0.15) is 4.37 Å². The van der Waals surface area contributed by atoms with E-state index in [1.807, 2.05) is 18.2 Å². The van der Waals surface area contributed by atoms with Gasteiger partial charge >= 0.3 is 0 Å². The molecule has 7 heteroatoms. The van der Waals surface area contributed by atoms with Crippen LogP contribution in [-0.4, -0.2) is 47.0 Å². The molecule has 0 radical (unpaired) electrons. The van der Waals surface area contributed by atoms with E-state index in [0.717, 1.165) is 50.8 Å². The van der Waals surface area contributed by atoms with Gasteiger partial charge in [0.1, 0.15) is 5.75 Å². The van der Waals surface area contributed by atoms with E-state index in [-0.39, 0.29) is 19.3 Å². The van der Waals surface area contributed by atoms with Crippen LogP contribution in [0.3, 0.4) is 0 Å². The molecule has 1 unspecified atom stereocenters. The van der Waals surface area contributed by atoms with Gasteiger partial charge in [-0.3, -0.25) is 0 Å². The Morgan fingerprint density at radius 2 is 1.93 bits per heavy atom. The first-order valence-corrected chi connectivity index (χ1v) is 11.0. The summed E-state index contributed by atoms with van der Waals surface area (Å²) in [5.74, 6) is 0.857. The van der Waals surface area contributed by atoms with Gasteiger partial charge in [0.15, 0.2) is 0 Å². The van der Waals surface area contributed by atoms with Crippen LogP contribution in [0.15, 0.2) is 46.9 Å². The molecule has 3 N–H and O–H groups in total. The molecule has 1 aromatic heterocycles. The fourth-order valence-electron chi connectivity index (χ4n) is 3.03. The molecule has 0 aliphatic heterocycles. The van der Waals surface area contributed by atoms with Gasteiger partial charge in [-0.15, -0.1) is 0 Å². The summed E-state index contributed by atoms with van der Waals surface area (Å²) >= 11 is 4.95. The Kier molecular flexibility index (Phi) is 8.24. The molecule has 1 atom stereocenters. The van der Waals surface area contributed by atoms with Crippen molar-refractivity contribution in [1.82, 2.24) is 9.69 Å². The zero-order valence-corrected chi connectivity index (χ0v) is 18.0. The van der Waals surface area contributed by atoms with Crippen molar-refractivity contribution in [2.45, 2.75) is 25.3 Å². The van der Waals surface area contributed by atoms with Crippen molar-refractivity contribution < 1.29 is 14.9 Å². The molecule has 0 amide bonds. The molecule has 0 bridgehead atoms. The molecule has 0 spiro atoms. The molecule has 0 fully saturated rings. The molecule has 0 aliphatic carbocycles. The van der Waals surface area contributed by atoms with E-state index in [1.54, 1.807) is 0 Å². The zero-order valence-electron chi connectivity index (χ0n) is 15.6.